The van der Waals surface area contributed by atoms with Crippen LogP contribution in [0.5, 0.6) is 0 Å². The molecule has 1 aromatic heterocycles. The van der Waals surface area contributed by atoms with Crippen LogP contribution in [0.4, 0.5) is 5.95 Å². The number of piperazine rings is 1. The maximum atomic E-state index is 11.8. The molecule has 2 rings (SSSR count). The molecule has 0 radical (unpaired) electrons. The van der Waals surface area contributed by atoms with Gasteiger partial charge in [-0.05, 0) is 26.3 Å². The minimum Gasteiger partial charge on any atom is -0.357 e. The number of halogens is 1. The summed E-state index contributed by atoms with van der Waals surface area (Å²) in [5.74, 6) is 1.77. The lowest BCUT2D eigenvalue weighted by atomic mass is 10.3. The Hall–Kier alpha value is -1.21. The van der Waals surface area contributed by atoms with E-state index in [4.69, 9.17) is 0 Å². The molecular formula is C17H32IN7O2S. The Kier molecular flexibility index (Phi) is 11.0. The molecule has 1 saturated heterocycles. The summed E-state index contributed by atoms with van der Waals surface area (Å²) < 4.78 is 25.0. The molecule has 0 unspecified atom stereocenters. The van der Waals surface area contributed by atoms with Gasteiger partial charge in [0, 0.05) is 65.3 Å². The van der Waals surface area contributed by atoms with Gasteiger partial charge in [0.25, 0.3) is 0 Å². The summed E-state index contributed by atoms with van der Waals surface area (Å²) in [6.45, 7) is 8.94. The minimum absolute atomic E-state index is 0. The normalized spacial score (nSPS) is 15.5. The van der Waals surface area contributed by atoms with Crippen molar-refractivity contribution in [3.8, 4) is 0 Å². The van der Waals surface area contributed by atoms with E-state index in [9.17, 15) is 8.42 Å². The predicted octanol–water partition coefficient (Wildman–Crippen LogP) is 0.854. The van der Waals surface area contributed by atoms with E-state index in [1.165, 1.54) is 4.31 Å². The molecule has 0 aliphatic carbocycles. The molecule has 9 nitrogen and oxygen atoms in total. The summed E-state index contributed by atoms with van der Waals surface area (Å²) in [7, 11) is -1.50. The summed E-state index contributed by atoms with van der Waals surface area (Å²) in [6, 6.07) is 1.82. The molecular weight excluding hydrogens is 493 g/mol. The van der Waals surface area contributed by atoms with Crippen molar-refractivity contribution in [1.82, 2.24) is 24.5 Å². The van der Waals surface area contributed by atoms with Crippen LogP contribution in [0.25, 0.3) is 0 Å². The van der Waals surface area contributed by atoms with Gasteiger partial charge in [-0.2, -0.15) is 0 Å². The van der Waals surface area contributed by atoms with E-state index in [1.54, 1.807) is 26.4 Å². The van der Waals surface area contributed by atoms with Crippen molar-refractivity contribution in [2.45, 2.75) is 20.3 Å². The second kappa shape index (κ2) is 12.4. The van der Waals surface area contributed by atoms with Gasteiger partial charge in [-0.15, -0.1) is 24.0 Å². The highest BCUT2D eigenvalue weighted by atomic mass is 127. The Morgan fingerprint density at radius 1 is 1.21 bits per heavy atom. The van der Waals surface area contributed by atoms with Crippen LogP contribution in [0.3, 0.4) is 0 Å². The number of sulfonamides is 1. The van der Waals surface area contributed by atoms with E-state index in [0.29, 0.717) is 19.5 Å². The Labute approximate surface area is 185 Å². The summed E-state index contributed by atoms with van der Waals surface area (Å²) >= 11 is 0. The number of hydrogen-bond donors (Lipinski definition) is 1. The lowest BCUT2D eigenvalue weighted by Crippen LogP contribution is -2.53. The number of aliphatic imine (C=N–C) groups is 1. The van der Waals surface area contributed by atoms with Crippen LogP contribution < -0.4 is 10.2 Å². The van der Waals surface area contributed by atoms with Crippen molar-refractivity contribution in [3.05, 3.63) is 18.5 Å². The maximum Gasteiger partial charge on any atom is 0.225 e. The molecule has 28 heavy (non-hydrogen) atoms. The molecule has 2 heterocycles. The zero-order valence-electron chi connectivity index (χ0n) is 16.9. The highest BCUT2D eigenvalue weighted by Gasteiger charge is 2.21. The monoisotopic (exact) mass is 525 g/mol. The van der Waals surface area contributed by atoms with Crippen LogP contribution >= 0.6 is 24.0 Å². The molecule has 1 N–H and O–H groups in total. The first-order valence-electron chi connectivity index (χ1n) is 9.47. The number of guanidine groups is 1. The Balaban J connectivity index is 0.00000392. The Bertz CT molecular complexity index is 695. The first-order chi connectivity index (χ1) is 13.0. The van der Waals surface area contributed by atoms with E-state index >= 15 is 0 Å². The van der Waals surface area contributed by atoms with Crippen molar-refractivity contribution < 1.29 is 8.42 Å². The van der Waals surface area contributed by atoms with Crippen LogP contribution in [-0.2, 0) is 10.0 Å². The van der Waals surface area contributed by atoms with Gasteiger partial charge in [-0.1, -0.05) is 0 Å². The van der Waals surface area contributed by atoms with Gasteiger partial charge >= 0.3 is 0 Å². The van der Waals surface area contributed by atoms with E-state index in [0.717, 1.165) is 44.6 Å². The standard InChI is InChI=1S/C17H31N7O2S.HI/c1-4-18-16(21-10-7-11-22(3)27(25,26)5-2)23-12-14-24(15-13-23)17-19-8-6-9-20-17;/h6,8-9H,4-5,7,10-15H2,1-3H3,(H,18,21);1H. The van der Waals surface area contributed by atoms with Crippen molar-refractivity contribution in [2.24, 2.45) is 4.99 Å². The summed E-state index contributed by atoms with van der Waals surface area (Å²) in [6.07, 6.45) is 4.22. The second-order valence-electron chi connectivity index (χ2n) is 6.33. The highest BCUT2D eigenvalue weighted by Crippen LogP contribution is 2.10. The van der Waals surface area contributed by atoms with Gasteiger partial charge < -0.3 is 15.1 Å². The van der Waals surface area contributed by atoms with Gasteiger partial charge in [0.15, 0.2) is 5.96 Å². The van der Waals surface area contributed by atoms with Gasteiger partial charge in [-0.3, -0.25) is 4.99 Å². The largest absolute Gasteiger partial charge is 0.357 e. The lowest BCUT2D eigenvalue weighted by Gasteiger charge is -2.36. The third-order valence-corrected chi connectivity index (χ3v) is 6.34. The van der Waals surface area contributed by atoms with Gasteiger partial charge in [-0.25, -0.2) is 22.7 Å². The van der Waals surface area contributed by atoms with E-state index in [2.05, 4.69) is 30.1 Å². The molecule has 0 amide bonds. The van der Waals surface area contributed by atoms with Gasteiger partial charge in [0.1, 0.15) is 0 Å². The summed E-state index contributed by atoms with van der Waals surface area (Å²) in [5, 5.41) is 3.33. The van der Waals surface area contributed by atoms with Crippen molar-refractivity contribution in [2.75, 3.05) is 63.5 Å². The van der Waals surface area contributed by atoms with Crippen LogP contribution in [-0.4, -0.2) is 92.2 Å². The van der Waals surface area contributed by atoms with E-state index in [1.807, 2.05) is 13.0 Å². The first-order valence-corrected chi connectivity index (χ1v) is 11.1. The topological polar surface area (TPSA) is 94.0 Å². The SMILES string of the molecule is CCNC(=NCCCN(C)S(=O)(=O)CC)N1CCN(c2ncccn2)CC1.I. The Morgan fingerprint density at radius 2 is 1.86 bits per heavy atom. The minimum atomic E-state index is -3.12. The molecule has 0 spiro atoms. The zero-order chi connectivity index (χ0) is 19.7. The molecule has 0 aromatic carbocycles. The highest BCUT2D eigenvalue weighted by molar-refractivity contribution is 14.0. The second-order valence-corrected chi connectivity index (χ2v) is 8.70. The first kappa shape index (κ1) is 24.8. The third-order valence-electron chi connectivity index (χ3n) is 4.48. The lowest BCUT2D eigenvalue weighted by molar-refractivity contribution is 0.369. The van der Waals surface area contributed by atoms with Crippen LogP contribution in [0.2, 0.25) is 0 Å². The van der Waals surface area contributed by atoms with Gasteiger partial charge in [0.05, 0.1) is 5.75 Å². The molecule has 160 valence electrons. The zero-order valence-corrected chi connectivity index (χ0v) is 20.1. The molecule has 1 fully saturated rings. The quantitative estimate of drug-likeness (QED) is 0.233. The molecule has 0 atom stereocenters. The van der Waals surface area contributed by atoms with E-state index < -0.39 is 10.0 Å². The van der Waals surface area contributed by atoms with Crippen molar-refractivity contribution in [3.63, 3.8) is 0 Å². The summed E-state index contributed by atoms with van der Waals surface area (Å²) in [4.78, 5) is 17.7. The number of rotatable bonds is 8. The smallest absolute Gasteiger partial charge is 0.225 e. The van der Waals surface area contributed by atoms with Crippen LogP contribution in [0.1, 0.15) is 20.3 Å². The number of aromatic nitrogens is 2. The van der Waals surface area contributed by atoms with Crippen LogP contribution in [0, 0.1) is 0 Å². The fourth-order valence-corrected chi connectivity index (χ4v) is 3.68. The molecule has 0 bridgehead atoms. The molecule has 0 saturated carbocycles. The predicted molar refractivity (Wildman–Crippen MR) is 124 cm³/mol. The molecule has 11 heteroatoms. The number of nitrogens with zero attached hydrogens (tertiary/aromatic N) is 6. The fourth-order valence-electron chi connectivity index (χ4n) is 2.84. The van der Waals surface area contributed by atoms with Crippen molar-refractivity contribution >= 4 is 45.9 Å². The number of nitrogens with one attached hydrogen (secondary N) is 1. The molecule has 1 aliphatic rings. The molecule has 1 aliphatic heterocycles. The van der Waals surface area contributed by atoms with Crippen molar-refractivity contribution in [1.29, 1.82) is 0 Å². The Morgan fingerprint density at radius 3 is 2.43 bits per heavy atom. The average Bonchev–Trinajstić information content (AvgIpc) is 2.71. The summed E-state index contributed by atoms with van der Waals surface area (Å²) in [5.41, 5.74) is 0. The number of hydrogen-bond acceptors (Lipinski definition) is 6. The van der Waals surface area contributed by atoms with Crippen LogP contribution in [0.15, 0.2) is 23.5 Å². The molecule has 1 aromatic rings. The maximum absolute atomic E-state index is 11.8. The fraction of sp³-hybridized carbons (Fsp3) is 0.706. The van der Waals surface area contributed by atoms with E-state index in [-0.39, 0.29) is 29.7 Å². The van der Waals surface area contributed by atoms with Gasteiger partial charge in [0.2, 0.25) is 16.0 Å². The number of anilines is 1. The third kappa shape index (κ3) is 7.32. The average molecular weight is 525 g/mol.